The van der Waals surface area contributed by atoms with Crippen LogP contribution in [0.25, 0.3) is 16.7 Å². The average Bonchev–Trinajstić information content (AvgIpc) is 3.10. The first kappa shape index (κ1) is 28.3. The first-order valence-electron chi connectivity index (χ1n) is 11.4. The van der Waals surface area contributed by atoms with Gasteiger partial charge in [0.25, 0.3) is 5.91 Å². The highest BCUT2D eigenvalue weighted by atomic mass is 19.4. The summed E-state index contributed by atoms with van der Waals surface area (Å²) in [5.74, 6) is -7.34. The van der Waals surface area contributed by atoms with E-state index in [1.165, 1.54) is 0 Å². The van der Waals surface area contributed by atoms with E-state index in [0.717, 1.165) is 18.7 Å². The Labute approximate surface area is 215 Å². The lowest BCUT2D eigenvalue weighted by Gasteiger charge is -2.27. The molecule has 0 aliphatic carbocycles. The Morgan fingerprint density at radius 3 is 2.13 bits per heavy atom. The van der Waals surface area contributed by atoms with Crippen LogP contribution >= 0.6 is 0 Å². The fourth-order valence-corrected chi connectivity index (χ4v) is 4.40. The molecule has 2 atom stereocenters. The summed E-state index contributed by atoms with van der Waals surface area (Å²) in [6.07, 6.45) is -8.13. The molecule has 4 rings (SSSR count). The summed E-state index contributed by atoms with van der Waals surface area (Å²) in [4.78, 5) is 31.2. The van der Waals surface area contributed by atoms with E-state index in [-0.39, 0.29) is 13.1 Å². The molecule has 0 bridgehead atoms. The van der Waals surface area contributed by atoms with Gasteiger partial charge in [-0.05, 0) is 19.9 Å². The van der Waals surface area contributed by atoms with Gasteiger partial charge in [-0.15, -0.1) is 0 Å². The van der Waals surface area contributed by atoms with Crippen molar-refractivity contribution in [2.75, 3.05) is 18.0 Å². The van der Waals surface area contributed by atoms with Gasteiger partial charge >= 0.3 is 6.18 Å². The van der Waals surface area contributed by atoms with Crippen LogP contribution in [0.5, 0.6) is 0 Å². The molecule has 39 heavy (non-hydrogen) atoms. The maximum atomic E-state index is 15.1. The van der Waals surface area contributed by atoms with Crippen molar-refractivity contribution in [1.82, 2.24) is 14.9 Å². The van der Waals surface area contributed by atoms with Crippen LogP contribution in [0.15, 0.2) is 29.2 Å². The molecule has 210 valence electrons. The van der Waals surface area contributed by atoms with E-state index in [2.05, 4.69) is 4.98 Å². The van der Waals surface area contributed by atoms with Crippen molar-refractivity contribution in [1.29, 1.82) is 0 Å². The predicted molar refractivity (Wildman–Crippen MR) is 124 cm³/mol. The molecule has 0 unspecified atom stereocenters. The van der Waals surface area contributed by atoms with Gasteiger partial charge in [0.1, 0.15) is 17.1 Å². The van der Waals surface area contributed by atoms with Crippen molar-refractivity contribution in [2.24, 2.45) is 0 Å². The van der Waals surface area contributed by atoms with Gasteiger partial charge in [0, 0.05) is 37.0 Å². The number of rotatable bonds is 5. The fourth-order valence-electron chi connectivity index (χ4n) is 4.40. The molecule has 1 amide bonds. The van der Waals surface area contributed by atoms with Gasteiger partial charge in [0.05, 0.1) is 24.0 Å². The van der Waals surface area contributed by atoms with E-state index in [1.807, 2.05) is 5.32 Å². The Bertz CT molecular complexity index is 1490. The van der Waals surface area contributed by atoms with Crippen LogP contribution in [-0.2, 0) is 0 Å². The molecule has 8 nitrogen and oxygen atoms in total. The quantitative estimate of drug-likeness (QED) is 0.413. The summed E-state index contributed by atoms with van der Waals surface area (Å²) in [7, 11) is 0. The molecule has 1 aromatic carbocycles. The van der Waals surface area contributed by atoms with E-state index in [1.54, 1.807) is 0 Å². The van der Waals surface area contributed by atoms with Crippen LogP contribution < -0.4 is 15.6 Å². The third-order valence-corrected chi connectivity index (χ3v) is 6.03. The standard InChI is InChI=1S/C24H21F7N4O4/c1-23(2,9-24(29,30)31)33-22(39)12-6-35(18-13(26)3-10(25)4-14(18)27)20-11(19(12)38)5-15(28)21(32-20)34-7-16(36)17(37)8-34/h3-6,16-17,36-37H,7-9H2,1-2H3,(H,33,39)/t16-,17-/m1/s1. The zero-order valence-corrected chi connectivity index (χ0v) is 20.3. The number of amides is 1. The fraction of sp³-hybridized carbons (Fsp3) is 0.375. The maximum absolute atomic E-state index is 15.1. The van der Waals surface area contributed by atoms with Crippen LogP contribution in [0.3, 0.4) is 0 Å². The molecule has 0 spiro atoms. The molecule has 0 saturated carbocycles. The number of aliphatic hydroxyl groups excluding tert-OH is 2. The number of nitrogens with one attached hydrogen (secondary N) is 1. The number of anilines is 1. The molecule has 1 aliphatic heterocycles. The van der Waals surface area contributed by atoms with Crippen molar-refractivity contribution >= 4 is 22.8 Å². The minimum atomic E-state index is -4.69. The number of aromatic nitrogens is 2. The largest absolute Gasteiger partial charge is 0.391 e. The molecule has 0 radical (unpaired) electrons. The highest BCUT2D eigenvalue weighted by Gasteiger charge is 2.38. The summed E-state index contributed by atoms with van der Waals surface area (Å²) in [5.41, 5.74) is -5.65. The number of β-amino-alcohol motifs (C(OH)–C–C–N with tert-alkyl or cyclic N) is 2. The highest BCUT2D eigenvalue weighted by molar-refractivity contribution is 5.97. The number of pyridine rings is 2. The molecular formula is C24H21F7N4O4. The summed E-state index contributed by atoms with van der Waals surface area (Å²) < 4.78 is 97.7. The number of carbonyl (C=O) groups excluding carboxylic acids is 1. The molecular weight excluding hydrogens is 541 g/mol. The first-order chi connectivity index (χ1) is 18.0. The van der Waals surface area contributed by atoms with Gasteiger partial charge in [0.15, 0.2) is 28.9 Å². The second-order valence-electron chi connectivity index (χ2n) is 9.79. The number of aliphatic hydroxyl groups is 2. The number of hydrogen-bond donors (Lipinski definition) is 3. The minimum absolute atomic E-state index is 0.283. The van der Waals surface area contributed by atoms with Crippen molar-refractivity contribution < 1.29 is 45.7 Å². The maximum Gasteiger partial charge on any atom is 0.391 e. The van der Waals surface area contributed by atoms with Gasteiger partial charge in [0.2, 0.25) is 5.43 Å². The Kier molecular flexibility index (Phi) is 7.10. The number of carbonyl (C=O) groups is 1. The molecule has 2 aromatic heterocycles. The number of halogens is 7. The van der Waals surface area contributed by atoms with Gasteiger partial charge < -0.3 is 20.4 Å². The Hall–Kier alpha value is -3.72. The number of hydrogen-bond acceptors (Lipinski definition) is 6. The SMILES string of the molecule is CC(C)(CC(F)(F)F)NC(=O)c1cn(-c2c(F)cc(F)cc2F)c2nc(N3C[C@@H](O)[C@H](O)C3)c(F)cc2c1=O. The Morgan fingerprint density at radius 2 is 1.59 bits per heavy atom. The van der Waals surface area contributed by atoms with Crippen LogP contribution in [0.1, 0.15) is 30.6 Å². The Balaban J connectivity index is 1.96. The molecule has 3 aromatic rings. The molecule has 3 heterocycles. The van der Waals surface area contributed by atoms with E-state index in [4.69, 9.17) is 0 Å². The van der Waals surface area contributed by atoms with Gasteiger partial charge in [-0.25, -0.2) is 22.5 Å². The molecule has 3 N–H and O–H groups in total. The lowest BCUT2D eigenvalue weighted by atomic mass is 9.99. The second kappa shape index (κ2) is 9.79. The minimum Gasteiger partial charge on any atom is -0.389 e. The summed E-state index contributed by atoms with van der Waals surface area (Å²) in [6.45, 7) is 1.50. The predicted octanol–water partition coefficient (Wildman–Crippen LogP) is 2.94. The summed E-state index contributed by atoms with van der Waals surface area (Å²) >= 11 is 0. The summed E-state index contributed by atoms with van der Waals surface area (Å²) in [6, 6.07) is 1.20. The molecule has 1 fully saturated rings. The lowest BCUT2D eigenvalue weighted by Crippen LogP contribution is -2.47. The van der Waals surface area contributed by atoms with E-state index < -0.39 is 93.1 Å². The van der Waals surface area contributed by atoms with Gasteiger partial charge in [-0.3, -0.25) is 14.2 Å². The second-order valence-corrected chi connectivity index (χ2v) is 9.79. The third-order valence-electron chi connectivity index (χ3n) is 6.03. The van der Waals surface area contributed by atoms with Gasteiger partial charge in [-0.1, -0.05) is 0 Å². The lowest BCUT2D eigenvalue weighted by molar-refractivity contribution is -0.146. The zero-order chi connectivity index (χ0) is 29.0. The van der Waals surface area contributed by atoms with Crippen LogP contribution in [-0.4, -0.2) is 62.7 Å². The summed E-state index contributed by atoms with van der Waals surface area (Å²) in [5, 5.41) is 21.0. The normalized spacial score (nSPS) is 18.2. The third kappa shape index (κ3) is 5.68. The molecule has 15 heteroatoms. The topological polar surface area (TPSA) is 108 Å². The molecule has 1 aliphatic rings. The Morgan fingerprint density at radius 1 is 1.03 bits per heavy atom. The number of benzene rings is 1. The zero-order valence-electron chi connectivity index (χ0n) is 20.3. The smallest absolute Gasteiger partial charge is 0.389 e. The number of fused-ring (bicyclic) bond motifs is 1. The van der Waals surface area contributed by atoms with Crippen LogP contribution in [0.4, 0.5) is 36.6 Å². The number of nitrogens with zero attached hydrogens (tertiary/aromatic N) is 3. The van der Waals surface area contributed by atoms with Crippen molar-refractivity contribution in [3.63, 3.8) is 0 Å². The highest BCUT2D eigenvalue weighted by Crippen LogP contribution is 2.30. The average molecular weight is 562 g/mol. The first-order valence-corrected chi connectivity index (χ1v) is 11.4. The van der Waals surface area contributed by atoms with Gasteiger partial charge in [-0.2, -0.15) is 13.2 Å². The van der Waals surface area contributed by atoms with E-state index in [0.29, 0.717) is 29.0 Å². The van der Waals surface area contributed by atoms with Crippen molar-refractivity contribution in [3.8, 4) is 5.69 Å². The van der Waals surface area contributed by atoms with E-state index >= 15 is 4.39 Å². The van der Waals surface area contributed by atoms with Crippen molar-refractivity contribution in [2.45, 2.75) is 44.2 Å². The van der Waals surface area contributed by atoms with Crippen molar-refractivity contribution in [3.05, 3.63) is 63.5 Å². The number of alkyl halides is 3. The van der Waals surface area contributed by atoms with E-state index in [9.17, 15) is 46.1 Å². The monoisotopic (exact) mass is 562 g/mol. The van der Waals surface area contributed by atoms with Crippen LogP contribution in [0.2, 0.25) is 0 Å². The van der Waals surface area contributed by atoms with Crippen LogP contribution in [0, 0.1) is 23.3 Å². The molecule has 1 saturated heterocycles.